The molecule has 13 heavy (non-hydrogen) atoms. The molecule has 0 heterocycles. The third kappa shape index (κ3) is 2.16. The average Bonchev–Trinajstić information content (AvgIpc) is 2.33. The summed E-state index contributed by atoms with van der Waals surface area (Å²) in [5, 5.41) is 0. The minimum absolute atomic E-state index is 0.135. The summed E-state index contributed by atoms with van der Waals surface area (Å²) in [4.78, 5) is 1.64. The maximum absolute atomic E-state index is 12.7. The molecule has 0 aromatic heterocycles. The molecule has 0 spiro atoms. The van der Waals surface area contributed by atoms with Gasteiger partial charge in [0.1, 0.15) is 0 Å². The highest BCUT2D eigenvalue weighted by molar-refractivity contribution is 4.92. The fourth-order valence-corrected chi connectivity index (χ4v) is 2.19. The first-order chi connectivity index (χ1) is 5.87. The Bertz CT molecular complexity index is 168. The summed E-state index contributed by atoms with van der Waals surface area (Å²) >= 11 is 0. The van der Waals surface area contributed by atoms with Crippen molar-refractivity contribution in [1.82, 2.24) is 4.90 Å². The van der Waals surface area contributed by atoms with Gasteiger partial charge in [-0.2, -0.15) is 13.2 Å². The van der Waals surface area contributed by atoms with Crippen molar-refractivity contribution in [3.05, 3.63) is 0 Å². The number of rotatable bonds is 2. The molecule has 4 heteroatoms. The minimum Gasteiger partial charge on any atom is -0.309 e. The van der Waals surface area contributed by atoms with Gasteiger partial charge in [0.15, 0.2) is 0 Å². The molecule has 0 radical (unpaired) electrons. The summed E-state index contributed by atoms with van der Waals surface area (Å²) in [7, 11) is 3.40. The highest BCUT2D eigenvalue weighted by Crippen LogP contribution is 2.50. The molecular formula is C9H16F3N. The molecule has 1 aliphatic carbocycles. The first-order valence-electron chi connectivity index (χ1n) is 4.59. The lowest BCUT2D eigenvalue weighted by molar-refractivity contribution is -0.226. The first kappa shape index (κ1) is 10.8. The Labute approximate surface area is 76.9 Å². The molecule has 0 atom stereocenters. The van der Waals surface area contributed by atoms with Crippen molar-refractivity contribution < 1.29 is 13.2 Å². The quantitative estimate of drug-likeness (QED) is 0.654. The molecule has 78 valence electrons. The molecule has 0 unspecified atom stereocenters. The highest BCUT2D eigenvalue weighted by Gasteiger charge is 2.55. The van der Waals surface area contributed by atoms with E-state index in [1.807, 2.05) is 0 Å². The highest BCUT2D eigenvalue weighted by atomic mass is 19.4. The molecule has 1 rings (SSSR count). The van der Waals surface area contributed by atoms with Gasteiger partial charge in [-0.05, 0) is 26.9 Å². The molecule has 0 aromatic carbocycles. The predicted molar refractivity (Wildman–Crippen MR) is 45.5 cm³/mol. The zero-order valence-electron chi connectivity index (χ0n) is 8.12. The summed E-state index contributed by atoms with van der Waals surface area (Å²) in [5.74, 6) is 0. The monoisotopic (exact) mass is 195 g/mol. The van der Waals surface area contributed by atoms with Crippen LogP contribution >= 0.6 is 0 Å². The van der Waals surface area contributed by atoms with Gasteiger partial charge in [-0.15, -0.1) is 0 Å². The molecule has 1 nitrogen and oxygen atoms in total. The third-order valence-electron chi connectivity index (χ3n) is 2.78. The van der Waals surface area contributed by atoms with Gasteiger partial charge in [0.25, 0.3) is 0 Å². The van der Waals surface area contributed by atoms with E-state index in [9.17, 15) is 13.2 Å². The van der Waals surface area contributed by atoms with E-state index in [1.54, 1.807) is 19.0 Å². The van der Waals surface area contributed by atoms with Crippen LogP contribution in [-0.4, -0.2) is 31.7 Å². The van der Waals surface area contributed by atoms with Crippen LogP contribution in [0.2, 0.25) is 0 Å². The van der Waals surface area contributed by atoms with Crippen molar-refractivity contribution in [1.29, 1.82) is 0 Å². The van der Waals surface area contributed by atoms with E-state index in [2.05, 4.69) is 0 Å². The molecule has 0 N–H and O–H groups in total. The zero-order chi connectivity index (χ0) is 10.1. The van der Waals surface area contributed by atoms with Crippen molar-refractivity contribution in [3.8, 4) is 0 Å². The molecule has 0 bridgehead atoms. The van der Waals surface area contributed by atoms with Crippen LogP contribution in [0.4, 0.5) is 13.2 Å². The van der Waals surface area contributed by atoms with Gasteiger partial charge in [0, 0.05) is 6.54 Å². The summed E-state index contributed by atoms with van der Waals surface area (Å²) in [6.45, 7) is 0.135. The van der Waals surface area contributed by atoms with E-state index in [-0.39, 0.29) is 6.54 Å². The molecule has 0 saturated heterocycles. The normalized spacial score (nSPS) is 22.6. The van der Waals surface area contributed by atoms with E-state index in [0.29, 0.717) is 25.7 Å². The minimum atomic E-state index is -4.03. The molecule has 0 aliphatic heterocycles. The van der Waals surface area contributed by atoms with E-state index in [0.717, 1.165) is 0 Å². The lowest BCUT2D eigenvalue weighted by atomic mass is 9.85. The van der Waals surface area contributed by atoms with Crippen LogP contribution < -0.4 is 0 Å². The summed E-state index contributed by atoms with van der Waals surface area (Å²) < 4.78 is 38.2. The lowest BCUT2D eigenvalue weighted by Crippen LogP contribution is -2.43. The maximum Gasteiger partial charge on any atom is 0.395 e. The van der Waals surface area contributed by atoms with Crippen LogP contribution in [0, 0.1) is 5.41 Å². The Balaban J connectivity index is 2.75. The largest absolute Gasteiger partial charge is 0.395 e. The summed E-state index contributed by atoms with van der Waals surface area (Å²) in [5.41, 5.74) is -1.42. The van der Waals surface area contributed by atoms with Crippen LogP contribution in [0.5, 0.6) is 0 Å². The second-order valence-electron chi connectivity index (χ2n) is 4.22. The maximum atomic E-state index is 12.7. The fraction of sp³-hybridized carbons (Fsp3) is 1.00. The Morgan fingerprint density at radius 3 is 1.92 bits per heavy atom. The van der Waals surface area contributed by atoms with E-state index >= 15 is 0 Å². The standard InChI is InChI=1S/C9H16F3N/c1-13(2)7-8(9(10,11)12)5-3-4-6-8/h3-7H2,1-2H3. The number of nitrogens with zero attached hydrogens (tertiary/aromatic N) is 1. The second-order valence-corrected chi connectivity index (χ2v) is 4.22. The smallest absolute Gasteiger partial charge is 0.309 e. The molecular weight excluding hydrogens is 179 g/mol. The third-order valence-corrected chi connectivity index (χ3v) is 2.78. The van der Waals surface area contributed by atoms with Gasteiger partial charge >= 0.3 is 6.18 Å². The van der Waals surface area contributed by atoms with Crippen LogP contribution in [-0.2, 0) is 0 Å². The van der Waals surface area contributed by atoms with Crippen LogP contribution in [0.25, 0.3) is 0 Å². The van der Waals surface area contributed by atoms with Gasteiger partial charge in [0.2, 0.25) is 0 Å². The average molecular weight is 195 g/mol. The van der Waals surface area contributed by atoms with Gasteiger partial charge < -0.3 is 4.90 Å². The van der Waals surface area contributed by atoms with E-state index in [1.165, 1.54) is 0 Å². The topological polar surface area (TPSA) is 3.24 Å². The van der Waals surface area contributed by atoms with Crippen molar-refractivity contribution in [3.63, 3.8) is 0 Å². The Kier molecular flexibility index (Phi) is 2.90. The van der Waals surface area contributed by atoms with Crippen LogP contribution in [0.1, 0.15) is 25.7 Å². The number of hydrogen-bond acceptors (Lipinski definition) is 1. The Hall–Kier alpha value is -0.250. The van der Waals surface area contributed by atoms with Crippen molar-refractivity contribution >= 4 is 0 Å². The molecule has 0 amide bonds. The van der Waals surface area contributed by atoms with E-state index < -0.39 is 11.6 Å². The fourth-order valence-electron chi connectivity index (χ4n) is 2.19. The number of alkyl halides is 3. The second kappa shape index (κ2) is 3.48. The van der Waals surface area contributed by atoms with E-state index in [4.69, 9.17) is 0 Å². The van der Waals surface area contributed by atoms with Crippen molar-refractivity contribution in [2.24, 2.45) is 5.41 Å². The molecule has 0 aromatic rings. The van der Waals surface area contributed by atoms with Crippen LogP contribution in [0.3, 0.4) is 0 Å². The Morgan fingerprint density at radius 1 is 1.15 bits per heavy atom. The van der Waals surface area contributed by atoms with Crippen molar-refractivity contribution in [2.75, 3.05) is 20.6 Å². The van der Waals surface area contributed by atoms with Crippen molar-refractivity contribution in [2.45, 2.75) is 31.9 Å². The number of hydrogen-bond donors (Lipinski definition) is 0. The van der Waals surface area contributed by atoms with Crippen LogP contribution in [0.15, 0.2) is 0 Å². The predicted octanol–water partition coefficient (Wildman–Crippen LogP) is 2.67. The first-order valence-corrected chi connectivity index (χ1v) is 4.59. The van der Waals surface area contributed by atoms with Gasteiger partial charge in [-0.25, -0.2) is 0 Å². The lowest BCUT2D eigenvalue weighted by Gasteiger charge is -2.34. The molecule has 1 fully saturated rings. The van der Waals surface area contributed by atoms with Gasteiger partial charge in [0.05, 0.1) is 5.41 Å². The Morgan fingerprint density at radius 2 is 1.62 bits per heavy atom. The summed E-state index contributed by atoms with van der Waals surface area (Å²) in [6.07, 6.45) is -2.00. The van der Waals surface area contributed by atoms with Gasteiger partial charge in [-0.1, -0.05) is 12.8 Å². The zero-order valence-corrected chi connectivity index (χ0v) is 8.12. The molecule has 1 saturated carbocycles. The molecule has 1 aliphatic rings. The van der Waals surface area contributed by atoms with Gasteiger partial charge in [-0.3, -0.25) is 0 Å². The SMILES string of the molecule is CN(C)CC1(C(F)(F)F)CCCC1. The summed E-state index contributed by atoms with van der Waals surface area (Å²) in [6, 6.07) is 0. The number of halogens is 3.